The molecule has 2 aromatic heterocycles. The number of hydrogen-bond donors (Lipinski definition) is 3. The number of carboxylic acid groups (broad SMARTS) is 1. The van der Waals surface area contributed by atoms with Crippen LogP contribution >= 0.6 is 34.5 Å². The maximum atomic E-state index is 13.6. The average Bonchev–Trinajstić information content (AvgIpc) is 3.53. The fourth-order valence-corrected chi connectivity index (χ4v) is 7.82. The van der Waals surface area contributed by atoms with Gasteiger partial charge in [0.25, 0.3) is 0 Å². The number of halogens is 2. The number of hydrogen-bond acceptors (Lipinski definition) is 9. The van der Waals surface area contributed by atoms with Crippen molar-refractivity contribution in [2.75, 3.05) is 41.0 Å². The number of esters is 1. The molecule has 0 aliphatic carbocycles. The Labute approximate surface area is 306 Å². The first-order valence-corrected chi connectivity index (χ1v) is 17.8. The zero-order valence-corrected chi connectivity index (χ0v) is 30.8. The first-order valence-electron chi connectivity index (χ1n) is 16.2. The molecule has 266 valence electrons. The van der Waals surface area contributed by atoms with Crippen LogP contribution in [0.4, 0.5) is 0 Å². The summed E-state index contributed by atoms with van der Waals surface area (Å²) in [4.78, 5) is 29.5. The Morgan fingerprint density at radius 3 is 2.28 bits per heavy atom. The van der Waals surface area contributed by atoms with Gasteiger partial charge in [-0.05, 0) is 74.3 Å². The number of carbonyl (C=O) groups is 2. The zero-order chi connectivity index (χ0) is 36.0. The number of aromatic nitrogens is 1. The van der Waals surface area contributed by atoms with Crippen LogP contribution in [-0.4, -0.2) is 68.1 Å². The first kappa shape index (κ1) is 37.4. The molecule has 1 aliphatic rings. The van der Waals surface area contributed by atoms with E-state index in [1.54, 1.807) is 12.1 Å². The number of thiophene rings is 1. The summed E-state index contributed by atoms with van der Waals surface area (Å²) in [6, 6.07) is 15.8. The van der Waals surface area contributed by atoms with Gasteiger partial charge in [-0.15, -0.1) is 11.3 Å². The Balaban J connectivity index is 1.47. The molecule has 10 nitrogen and oxygen atoms in total. The lowest BCUT2D eigenvalue weighted by Gasteiger charge is -2.37. The number of rotatable bonds is 14. The van der Waals surface area contributed by atoms with E-state index in [4.69, 9.17) is 37.4 Å². The van der Waals surface area contributed by atoms with Crippen molar-refractivity contribution in [3.63, 3.8) is 0 Å². The minimum absolute atomic E-state index is 0.0937. The van der Waals surface area contributed by atoms with Crippen molar-refractivity contribution in [3.05, 3.63) is 109 Å². The van der Waals surface area contributed by atoms with Gasteiger partial charge in [0, 0.05) is 33.0 Å². The Bertz CT molecular complexity index is 1790. The van der Waals surface area contributed by atoms with E-state index in [0.29, 0.717) is 34.1 Å². The summed E-state index contributed by atoms with van der Waals surface area (Å²) in [6.45, 7) is 4.60. The fraction of sp³-hybridized carbons (Fsp3) is 0.378. The van der Waals surface area contributed by atoms with Crippen molar-refractivity contribution in [2.45, 2.75) is 44.7 Å². The van der Waals surface area contributed by atoms with Gasteiger partial charge < -0.3 is 24.2 Å². The predicted molar refractivity (Wildman–Crippen MR) is 192 cm³/mol. The van der Waals surface area contributed by atoms with Gasteiger partial charge in [0.2, 0.25) is 12.4 Å². The molecule has 1 fully saturated rings. The molecule has 50 heavy (non-hydrogen) atoms. The lowest BCUT2D eigenvalue weighted by atomic mass is 9.81. The SMILES string of the molecule is COc1ccc([C@H](Cc2c(Cl)c[n+](O)cc2Cl)c2cc(CNC(C(=O)OCC3(C)CCN(C)CC3)c3ccccc3)sc2C(=O)O)cc1OC. The second-order valence-corrected chi connectivity index (χ2v) is 14.9. The van der Waals surface area contributed by atoms with Crippen molar-refractivity contribution in [1.29, 1.82) is 0 Å². The number of likely N-dealkylation sites (tertiary alicyclic amines) is 1. The standard InChI is InChI=1S/C37H41Cl2N3O7S/c1-37(12-14-41(2)15-13-37)22-49-36(45)33(23-8-6-5-7-9-23)40-19-25-17-27(34(50-25)35(43)44)26(18-28-29(38)20-42(46)21-30(28)39)24-10-11-31(47-3)32(16-24)48-4/h5-11,16-17,20-21,26,33,40H,12-15,18-19,22H2,1-4H3,(H-,43,44,46)/p+1/t26-,33?/m0/s1. The number of aromatic carboxylic acids is 1. The molecule has 0 amide bonds. The Hall–Kier alpha value is -3.87. The quantitative estimate of drug-likeness (QED) is 0.0730. The van der Waals surface area contributed by atoms with Crippen LogP contribution in [0.1, 0.15) is 68.5 Å². The molecule has 5 rings (SSSR count). The predicted octanol–water partition coefficient (Wildman–Crippen LogP) is 6.78. The highest BCUT2D eigenvalue weighted by molar-refractivity contribution is 7.14. The number of benzene rings is 2. The summed E-state index contributed by atoms with van der Waals surface area (Å²) in [5.74, 6) is -1.03. The number of methoxy groups -OCH3 is 2. The van der Waals surface area contributed by atoms with Crippen molar-refractivity contribution in [1.82, 2.24) is 10.2 Å². The van der Waals surface area contributed by atoms with Crippen LogP contribution in [0.2, 0.25) is 10.0 Å². The van der Waals surface area contributed by atoms with Crippen LogP contribution in [0.15, 0.2) is 67.0 Å². The molecule has 0 bridgehead atoms. The number of piperidine rings is 1. The molecule has 3 N–H and O–H groups in total. The van der Waals surface area contributed by atoms with E-state index in [2.05, 4.69) is 24.2 Å². The first-order chi connectivity index (χ1) is 23.9. The maximum Gasteiger partial charge on any atom is 0.346 e. The third-order valence-electron chi connectivity index (χ3n) is 9.27. The lowest BCUT2D eigenvalue weighted by molar-refractivity contribution is -0.904. The zero-order valence-electron chi connectivity index (χ0n) is 28.4. The number of nitrogens with one attached hydrogen (secondary N) is 1. The molecular formula is C37H42Cl2N3O7S+. The number of carbonyl (C=O) groups excluding carboxylic acids is 1. The number of ether oxygens (including phenoxy) is 3. The fourth-order valence-electron chi connectivity index (χ4n) is 6.20. The summed E-state index contributed by atoms with van der Waals surface area (Å²) >= 11 is 14.2. The smallest absolute Gasteiger partial charge is 0.346 e. The molecule has 1 saturated heterocycles. The van der Waals surface area contributed by atoms with E-state index in [-0.39, 0.29) is 39.3 Å². The van der Waals surface area contributed by atoms with Gasteiger partial charge in [0.1, 0.15) is 21.0 Å². The van der Waals surface area contributed by atoms with Gasteiger partial charge in [-0.2, -0.15) is 0 Å². The van der Waals surface area contributed by atoms with Crippen LogP contribution in [0.3, 0.4) is 0 Å². The van der Waals surface area contributed by atoms with E-state index in [1.165, 1.54) is 26.6 Å². The molecule has 2 atom stereocenters. The lowest BCUT2D eigenvalue weighted by Crippen LogP contribution is -2.40. The van der Waals surface area contributed by atoms with Crippen molar-refractivity contribution in [3.8, 4) is 11.5 Å². The molecule has 0 saturated carbocycles. The second-order valence-electron chi connectivity index (χ2n) is 12.9. The Morgan fingerprint density at radius 1 is 1.00 bits per heavy atom. The molecule has 2 aromatic carbocycles. The minimum atomic E-state index is -1.09. The summed E-state index contributed by atoms with van der Waals surface area (Å²) < 4.78 is 17.7. The van der Waals surface area contributed by atoms with Crippen molar-refractivity contribution >= 4 is 46.5 Å². The van der Waals surface area contributed by atoms with Crippen LogP contribution in [0.5, 0.6) is 11.5 Å². The molecule has 0 radical (unpaired) electrons. The van der Waals surface area contributed by atoms with Gasteiger partial charge in [0.05, 0.1) is 20.8 Å². The largest absolute Gasteiger partial charge is 0.493 e. The highest BCUT2D eigenvalue weighted by Gasteiger charge is 2.33. The highest BCUT2D eigenvalue weighted by atomic mass is 35.5. The third-order valence-corrected chi connectivity index (χ3v) is 11.1. The van der Waals surface area contributed by atoms with Gasteiger partial charge in [-0.25, -0.2) is 9.59 Å². The number of nitrogens with zero attached hydrogens (tertiary/aromatic N) is 2. The number of carboxylic acids is 1. The third kappa shape index (κ3) is 8.88. The number of pyridine rings is 1. The van der Waals surface area contributed by atoms with Gasteiger partial charge in [-0.3, -0.25) is 10.5 Å². The summed E-state index contributed by atoms with van der Waals surface area (Å²) in [7, 11) is 5.16. The van der Waals surface area contributed by atoms with Crippen molar-refractivity contribution < 1.29 is 38.8 Å². The molecule has 3 heterocycles. The van der Waals surface area contributed by atoms with Crippen LogP contribution < -0.4 is 19.5 Å². The molecule has 13 heteroatoms. The molecule has 1 unspecified atom stereocenters. The van der Waals surface area contributed by atoms with Gasteiger partial charge >= 0.3 is 11.9 Å². The van der Waals surface area contributed by atoms with Crippen LogP contribution in [0.25, 0.3) is 0 Å². The molecular weight excluding hydrogens is 701 g/mol. The van der Waals surface area contributed by atoms with E-state index < -0.39 is 17.9 Å². The topological polar surface area (TPSA) is 121 Å². The monoisotopic (exact) mass is 742 g/mol. The Kier molecular flexibility index (Phi) is 12.3. The van der Waals surface area contributed by atoms with Crippen LogP contribution in [0, 0.1) is 5.41 Å². The molecule has 4 aromatic rings. The van der Waals surface area contributed by atoms with Crippen LogP contribution in [-0.2, 0) is 22.5 Å². The maximum absolute atomic E-state index is 13.6. The normalized spacial score (nSPS) is 15.6. The van der Waals surface area contributed by atoms with E-state index in [1.807, 2.05) is 42.5 Å². The molecule has 1 aliphatic heterocycles. The van der Waals surface area contributed by atoms with Gasteiger partial charge in [0.15, 0.2) is 11.5 Å². The second kappa shape index (κ2) is 16.4. The summed E-state index contributed by atoms with van der Waals surface area (Å²) in [5, 5.41) is 24.2. The highest BCUT2D eigenvalue weighted by Crippen LogP contribution is 2.41. The Morgan fingerprint density at radius 2 is 1.66 bits per heavy atom. The average molecular weight is 744 g/mol. The minimum Gasteiger partial charge on any atom is -0.493 e. The summed E-state index contributed by atoms with van der Waals surface area (Å²) in [5.41, 5.74) is 2.46. The van der Waals surface area contributed by atoms with E-state index >= 15 is 0 Å². The van der Waals surface area contributed by atoms with Crippen molar-refractivity contribution in [2.24, 2.45) is 5.41 Å². The van der Waals surface area contributed by atoms with E-state index in [9.17, 15) is 19.9 Å². The summed E-state index contributed by atoms with van der Waals surface area (Å²) in [6.07, 6.45) is 4.75. The molecule has 0 spiro atoms. The van der Waals surface area contributed by atoms with Gasteiger partial charge in [-0.1, -0.05) is 66.5 Å². The van der Waals surface area contributed by atoms with E-state index in [0.717, 1.165) is 53.1 Å².